The molecule has 0 rings (SSSR count). The second-order valence-electron chi connectivity index (χ2n) is 2.17. The van der Waals surface area contributed by atoms with Gasteiger partial charge >= 0.3 is 6.03 Å². The second-order valence-corrected chi connectivity index (χ2v) is 2.17. The van der Waals surface area contributed by atoms with E-state index in [4.69, 9.17) is 6.42 Å². The van der Waals surface area contributed by atoms with E-state index in [1.54, 1.807) is 7.05 Å². The van der Waals surface area contributed by atoms with Gasteiger partial charge in [-0.1, -0.05) is 0 Å². The Morgan fingerprint density at radius 1 is 1.55 bits per heavy atom. The highest BCUT2D eigenvalue weighted by Gasteiger charge is 1.92. The molecule has 0 fully saturated rings. The van der Waals surface area contributed by atoms with Crippen molar-refractivity contribution in [3.8, 4) is 12.3 Å². The second kappa shape index (κ2) is 6.94. The quantitative estimate of drug-likeness (QED) is 0.454. The molecule has 3 nitrogen and oxygen atoms in total. The molecule has 0 aromatic rings. The molecule has 62 valence electrons. The van der Waals surface area contributed by atoms with Gasteiger partial charge in [-0.25, -0.2) is 4.79 Å². The van der Waals surface area contributed by atoms with E-state index < -0.39 is 0 Å². The molecular weight excluding hydrogens is 140 g/mol. The van der Waals surface area contributed by atoms with E-state index in [0.29, 0.717) is 6.54 Å². The van der Waals surface area contributed by atoms with Crippen LogP contribution in [0.5, 0.6) is 0 Å². The highest BCUT2D eigenvalue weighted by atomic mass is 16.2. The van der Waals surface area contributed by atoms with Crippen LogP contribution in [0.3, 0.4) is 0 Å². The topological polar surface area (TPSA) is 41.1 Å². The zero-order valence-electron chi connectivity index (χ0n) is 6.81. The minimum atomic E-state index is -0.134. The molecule has 2 N–H and O–H groups in total. The first kappa shape index (κ1) is 9.83. The molecular formula is C8H14N2O. The summed E-state index contributed by atoms with van der Waals surface area (Å²) in [4.78, 5) is 10.6. The lowest BCUT2D eigenvalue weighted by Crippen LogP contribution is -2.33. The van der Waals surface area contributed by atoms with Crippen LogP contribution in [-0.4, -0.2) is 19.6 Å². The van der Waals surface area contributed by atoms with Crippen LogP contribution in [0.2, 0.25) is 0 Å². The number of rotatable bonds is 4. The lowest BCUT2D eigenvalue weighted by molar-refractivity contribution is 0.242. The maximum Gasteiger partial charge on any atom is 0.314 e. The number of unbranched alkanes of at least 4 members (excludes halogenated alkanes) is 2. The van der Waals surface area contributed by atoms with Gasteiger partial charge in [0, 0.05) is 20.0 Å². The lowest BCUT2D eigenvalue weighted by atomic mass is 10.2. The van der Waals surface area contributed by atoms with Crippen molar-refractivity contribution >= 4 is 6.03 Å². The number of carbonyl (C=O) groups excluding carboxylic acids is 1. The van der Waals surface area contributed by atoms with Crippen LogP contribution < -0.4 is 10.6 Å². The first-order valence-corrected chi connectivity index (χ1v) is 3.70. The molecule has 0 aliphatic heterocycles. The Morgan fingerprint density at radius 3 is 2.82 bits per heavy atom. The highest BCUT2D eigenvalue weighted by Crippen LogP contribution is 1.90. The summed E-state index contributed by atoms with van der Waals surface area (Å²) < 4.78 is 0. The molecule has 0 radical (unpaired) electrons. The zero-order valence-corrected chi connectivity index (χ0v) is 6.81. The summed E-state index contributed by atoms with van der Waals surface area (Å²) in [6.45, 7) is 0.696. The molecule has 11 heavy (non-hydrogen) atoms. The average molecular weight is 154 g/mol. The fourth-order valence-electron chi connectivity index (χ4n) is 0.642. The van der Waals surface area contributed by atoms with Gasteiger partial charge in [-0.05, 0) is 12.8 Å². The van der Waals surface area contributed by atoms with Gasteiger partial charge in [0.05, 0.1) is 0 Å². The van der Waals surface area contributed by atoms with Crippen LogP contribution in [0.4, 0.5) is 4.79 Å². The summed E-state index contributed by atoms with van der Waals surface area (Å²) in [6, 6.07) is -0.134. The normalized spacial score (nSPS) is 8.36. The van der Waals surface area contributed by atoms with E-state index in [2.05, 4.69) is 16.6 Å². The average Bonchev–Trinajstić information content (AvgIpc) is 2.04. The summed E-state index contributed by atoms with van der Waals surface area (Å²) in [6.07, 6.45) is 7.75. The van der Waals surface area contributed by atoms with E-state index in [0.717, 1.165) is 19.3 Å². The third-order valence-corrected chi connectivity index (χ3v) is 1.26. The first-order valence-electron chi connectivity index (χ1n) is 3.70. The Morgan fingerprint density at radius 2 is 2.27 bits per heavy atom. The number of hydrogen-bond donors (Lipinski definition) is 2. The van der Waals surface area contributed by atoms with Crippen molar-refractivity contribution in [3.05, 3.63) is 0 Å². The molecule has 0 atom stereocenters. The first-order chi connectivity index (χ1) is 5.31. The predicted molar refractivity (Wildman–Crippen MR) is 45.1 cm³/mol. The Hall–Kier alpha value is -1.17. The number of urea groups is 1. The van der Waals surface area contributed by atoms with E-state index in [1.807, 2.05) is 0 Å². The number of hydrogen-bond acceptors (Lipinski definition) is 1. The van der Waals surface area contributed by atoms with Gasteiger partial charge in [0.15, 0.2) is 0 Å². The van der Waals surface area contributed by atoms with Gasteiger partial charge < -0.3 is 10.6 Å². The molecule has 0 unspecified atom stereocenters. The molecule has 2 amide bonds. The lowest BCUT2D eigenvalue weighted by Gasteiger charge is -2.01. The third-order valence-electron chi connectivity index (χ3n) is 1.26. The Labute approximate surface area is 67.6 Å². The van der Waals surface area contributed by atoms with Gasteiger partial charge in [-0.3, -0.25) is 0 Å². The molecule has 0 saturated heterocycles. The van der Waals surface area contributed by atoms with Crippen molar-refractivity contribution < 1.29 is 4.79 Å². The van der Waals surface area contributed by atoms with E-state index in [1.165, 1.54) is 0 Å². The molecule has 0 bridgehead atoms. The van der Waals surface area contributed by atoms with Crippen LogP contribution in [-0.2, 0) is 0 Å². The molecule has 0 aromatic carbocycles. The summed E-state index contributed by atoms with van der Waals surface area (Å²) in [5, 5.41) is 5.14. The number of amides is 2. The van der Waals surface area contributed by atoms with Crippen LogP contribution >= 0.6 is 0 Å². The molecule has 0 aliphatic carbocycles. The molecule has 3 heteroatoms. The molecule has 0 heterocycles. The summed E-state index contributed by atoms with van der Waals surface area (Å²) in [5.41, 5.74) is 0. The largest absolute Gasteiger partial charge is 0.341 e. The van der Waals surface area contributed by atoms with Crippen molar-refractivity contribution in [2.45, 2.75) is 19.3 Å². The number of terminal acetylenes is 1. The van der Waals surface area contributed by atoms with Crippen molar-refractivity contribution in [2.24, 2.45) is 0 Å². The standard InChI is InChI=1S/C8H14N2O/c1-3-4-5-6-7-10-8(11)9-2/h1H,4-7H2,2H3,(H2,9,10,11). The Kier molecular flexibility index (Phi) is 6.20. The maximum atomic E-state index is 10.6. The van der Waals surface area contributed by atoms with Gasteiger partial charge in [0.2, 0.25) is 0 Å². The van der Waals surface area contributed by atoms with Crippen LogP contribution in [0.25, 0.3) is 0 Å². The molecule has 0 aromatic heterocycles. The minimum absolute atomic E-state index is 0.134. The predicted octanol–water partition coefficient (Wildman–Crippen LogP) is 0.719. The fraction of sp³-hybridized carbons (Fsp3) is 0.625. The Bertz CT molecular complexity index is 149. The van der Waals surface area contributed by atoms with Gasteiger partial charge in [-0.2, -0.15) is 0 Å². The van der Waals surface area contributed by atoms with E-state index in [-0.39, 0.29) is 6.03 Å². The Balaban J connectivity index is 3.03. The van der Waals surface area contributed by atoms with Crippen molar-refractivity contribution in [1.29, 1.82) is 0 Å². The minimum Gasteiger partial charge on any atom is -0.341 e. The van der Waals surface area contributed by atoms with Gasteiger partial charge in [-0.15, -0.1) is 12.3 Å². The number of nitrogens with one attached hydrogen (secondary N) is 2. The van der Waals surface area contributed by atoms with Crippen LogP contribution in [0.15, 0.2) is 0 Å². The van der Waals surface area contributed by atoms with E-state index in [9.17, 15) is 4.79 Å². The van der Waals surface area contributed by atoms with Crippen molar-refractivity contribution in [1.82, 2.24) is 10.6 Å². The highest BCUT2D eigenvalue weighted by molar-refractivity contribution is 5.73. The van der Waals surface area contributed by atoms with Gasteiger partial charge in [0.1, 0.15) is 0 Å². The van der Waals surface area contributed by atoms with Gasteiger partial charge in [0.25, 0.3) is 0 Å². The van der Waals surface area contributed by atoms with Crippen molar-refractivity contribution in [3.63, 3.8) is 0 Å². The fourth-order valence-corrected chi connectivity index (χ4v) is 0.642. The SMILES string of the molecule is C#CCCCCNC(=O)NC. The summed E-state index contributed by atoms with van der Waals surface area (Å²) in [5.74, 6) is 2.54. The molecule has 0 saturated carbocycles. The molecule has 0 aliphatic rings. The smallest absolute Gasteiger partial charge is 0.314 e. The monoisotopic (exact) mass is 154 g/mol. The third kappa shape index (κ3) is 6.72. The molecule has 0 spiro atoms. The summed E-state index contributed by atoms with van der Waals surface area (Å²) in [7, 11) is 1.59. The maximum absolute atomic E-state index is 10.6. The van der Waals surface area contributed by atoms with E-state index >= 15 is 0 Å². The zero-order chi connectivity index (χ0) is 8.53. The van der Waals surface area contributed by atoms with Crippen LogP contribution in [0.1, 0.15) is 19.3 Å². The summed E-state index contributed by atoms with van der Waals surface area (Å²) >= 11 is 0. The van der Waals surface area contributed by atoms with Crippen LogP contribution in [0, 0.1) is 12.3 Å². The number of carbonyl (C=O) groups is 1. The van der Waals surface area contributed by atoms with Crippen molar-refractivity contribution in [2.75, 3.05) is 13.6 Å².